The van der Waals surface area contributed by atoms with Crippen LogP contribution in [0.4, 0.5) is 0 Å². The summed E-state index contributed by atoms with van der Waals surface area (Å²) in [5.74, 6) is 0.825. The Morgan fingerprint density at radius 1 is 1.50 bits per heavy atom. The summed E-state index contributed by atoms with van der Waals surface area (Å²) in [5.41, 5.74) is 1.15. The van der Waals surface area contributed by atoms with Crippen molar-refractivity contribution in [2.45, 2.75) is 24.3 Å². The standard InChI is InChI=1S/C11H12O2S/c1-8(12)13-10-6-7-14-11-5-3-2-4-9(10)11/h2-5,10H,6-7H2,1H3. The zero-order chi connectivity index (χ0) is 9.97. The van der Waals surface area contributed by atoms with E-state index >= 15 is 0 Å². The molecular formula is C11H12O2S. The maximum absolute atomic E-state index is 10.9. The van der Waals surface area contributed by atoms with Gasteiger partial charge < -0.3 is 4.74 Å². The third-order valence-electron chi connectivity index (χ3n) is 2.21. The Hall–Kier alpha value is -0.960. The van der Waals surface area contributed by atoms with Crippen molar-refractivity contribution in [2.24, 2.45) is 0 Å². The number of hydrogen-bond donors (Lipinski definition) is 0. The first kappa shape index (κ1) is 9.59. The molecule has 0 aliphatic carbocycles. The summed E-state index contributed by atoms with van der Waals surface area (Å²) in [6, 6.07) is 8.12. The van der Waals surface area contributed by atoms with Crippen LogP contribution in [0.2, 0.25) is 0 Å². The van der Waals surface area contributed by atoms with E-state index in [0.29, 0.717) is 0 Å². The normalized spacial score (nSPS) is 19.9. The molecule has 1 unspecified atom stereocenters. The molecule has 0 aromatic heterocycles. The number of carbonyl (C=O) groups excluding carboxylic acids is 1. The molecule has 0 radical (unpaired) electrons. The Morgan fingerprint density at radius 3 is 3.07 bits per heavy atom. The number of hydrogen-bond acceptors (Lipinski definition) is 3. The third-order valence-corrected chi connectivity index (χ3v) is 3.33. The van der Waals surface area contributed by atoms with Crippen LogP contribution in [-0.2, 0) is 9.53 Å². The van der Waals surface area contributed by atoms with Gasteiger partial charge in [-0.05, 0) is 12.5 Å². The van der Waals surface area contributed by atoms with Gasteiger partial charge in [0.2, 0.25) is 0 Å². The first-order valence-corrected chi connectivity index (χ1v) is 5.65. The number of esters is 1. The van der Waals surface area contributed by atoms with Crippen LogP contribution in [0.3, 0.4) is 0 Å². The highest BCUT2D eigenvalue weighted by atomic mass is 32.2. The van der Waals surface area contributed by atoms with E-state index < -0.39 is 0 Å². The zero-order valence-electron chi connectivity index (χ0n) is 8.03. The molecule has 0 fully saturated rings. The monoisotopic (exact) mass is 208 g/mol. The Balaban J connectivity index is 2.26. The molecule has 0 amide bonds. The molecular weight excluding hydrogens is 196 g/mol. The third kappa shape index (κ3) is 1.93. The van der Waals surface area contributed by atoms with E-state index in [-0.39, 0.29) is 12.1 Å². The molecule has 1 aliphatic rings. The van der Waals surface area contributed by atoms with Gasteiger partial charge in [-0.25, -0.2) is 0 Å². The van der Waals surface area contributed by atoms with Gasteiger partial charge in [0.15, 0.2) is 0 Å². The van der Waals surface area contributed by atoms with Gasteiger partial charge in [-0.15, -0.1) is 11.8 Å². The van der Waals surface area contributed by atoms with Crippen LogP contribution in [0.15, 0.2) is 29.2 Å². The fraction of sp³-hybridized carbons (Fsp3) is 0.364. The first-order valence-electron chi connectivity index (χ1n) is 4.66. The Labute approximate surface area is 87.6 Å². The van der Waals surface area contributed by atoms with Gasteiger partial charge >= 0.3 is 5.97 Å². The average Bonchev–Trinajstić information content (AvgIpc) is 2.18. The molecule has 1 aromatic rings. The van der Waals surface area contributed by atoms with Gasteiger partial charge in [0.05, 0.1) is 0 Å². The molecule has 1 heterocycles. The molecule has 1 atom stereocenters. The van der Waals surface area contributed by atoms with Crippen molar-refractivity contribution in [3.05, 3.63) is 29.8 Å². The summed E-state index contributed by atoms with van der Waals surface area (Å²) < 4.78 is 5.27. The van der Waals surface area contributed by atoms with E-state index in [1.807, 2.05) is 30.0 Å². The molecule has 0 N–H and O–H groups in total. The second-order valence-corrected chi connectivity index (χ2v) is 4.41. The highest BCUT2D eigenvalue weighted by molar-refractivity contribution is 7.99. The number of benzene rings is 1. The Morgan fingerprint density at radius 2 is 2.29 bits per heavy atom. The highest BCUT2D eigenvalue weighted by Gasteiger charge is 2.22. The van der Waals surface area contributed by atoms with Crippen LogP contribution in [0, 0.1) is 0 Å². The van der Waals surface area contributed by atoms with Crippen molar-refractivity contribution in [3.8, 4) is 0 Å². The molecule has 74 valence electrons. The lowest BCUT2D eigenvalue weighted by Crippen LogP contribution is -2.13. The topological polar surface area (TPSA) is 26.3 Å². The van der Waals surface area contributed by atoms with Gasteiger partial charge in [-0.2, -0.15) is 0 Å². The van der Waals surface area contributed by atoms with E-state index in [1.54, 1.807) is 0 Å². The summed E-state index contributed by atoms with van der Waals surface area (Å²) >= 11 is 1.83. The van der Waals surface area contributed by atoms with Crippen LogP contribution in [0.1, 0.15) is 25.0 Å². The van der Waals surface area contributed by atoms with E-state index in [9.17, 15) is 4.79 Å². The zero-order valence-corrected chi connectivity index (χ0v) is 8.84. The second kappa shape index (κ2) is 4.05. The molecule has 2 rings (SSSR count). The number of ether oxygens (including phenoxy) is 1. The molecule has 0 bridgehead atoms. The summed E-state index contributed by atoms with van der Waals surface area (Å²) in [7, 11) is 0. The SMILES string of the molecule is CC(=O)OC1CCSc2ccccc21. The smallest absolute Gasteiger partial charge is 0.303 e. The number of fused-ring (bicyclic) bond motifs is 1. The van der Waals surface area contributed by atoms with Crippen molar-refractivity contribution in [1.29, 1.82) is 0 Å². The predicted octanol–water partition coefficient (Wildman–Crippen LogP) is 2.79. The van der Waals surface area contributed by atoms with Crippen LogP contribution >= 0.6 is 11.8 Å². The van der Waals surface area contributed by atoms with E-state index in [1.165, 1.54) is 11.8 Å². The molecule has 3 heteroatoms. The molecule has 1 aliphatic heterocycles. The Bertz CT molecular complexity index is 349. The van der Waals surface area contributed by atoms with Gasteiger partial charge in [0.25, 0.3) is 0 Å². The highest BCUT2D eigenvalue weighted by Crippen LogP contribution is 2.37. The molecule has 2 nitrogen and oxygen atoms in total. The summed E-state index contributed by atoms with van der Waals surface area (Å²) in [5, 5.41) is 0. The second-order valence-electron chi connectivity index (χ2n) is 3.27. The van der Waals surface area contributed by atoms with Crippen LogP contribution in [0.25, 0.3) is 0 Å². The Kier molecular flexibility index (Phi) is 2.77. The summed E-state index contributed by atoms with van der Waals surface area (Å²) in [6.45, 7) is 1.46. The average molecular weight is 208 g/mol. The number of carbonyl (C=O) groups is 1. The predicted molar refractivity (Wildman–Crippen MR) is 56.3 cm³/mol. The van der Waals surface area contributed by atoms with Gasteiger partial charge in [-0.1, -0.05) is 18.2 Å². The number of rotatable bonds is 1. The van der Waals surface area contributed by atoms with Crippen molar-refractivity contribution in [3.63, 3.8) is 0 Å². The van der Waals surface area contributed by atoms with Gasteiger partial charge in [0, 0.05) is 23.1 Å². The fourth-order valence-electron chi connectivity index (χ4n) is 1.63. The maximum atomic E-state index is 10.9. The van der Waals surface area contributed by atoms with Crippen molar-refractivity contribution in [2.75, 3.05) is 5.75 Å². The minimum Gasteiger partial charge on any atom is -0.458 e. The van der Waals surface area contributed by atoms with Crippen LogP contribution < -0.4 is 0 Å². The minimum atomic E-state index is -0.197. The van der Waals surface area contributed by atoms with Crippen molar-refractivity contribution < 1.29 is 9.53 Å². The number of thioether (sulfide) groups is 1. The quantitative estimate of drug-likeness (QED) is 0.664. The molecule has 14 heavy (non-hydrogen) atoms. The first-order chi connectivity index (χ1) is 6.77. The lowest BCUT2D eigenvalue weighted by atomic mass is 10.1. The largest absolute Gasteiger partial charge is 0.458 e. The van der Waals surface area contributed by atoms with Gasteiger partial charge in [-0.3, -0.25) is 4.79 Å². The molecule has 0 saturated carbocycles. The molecule has 0 spiro atoms. The van der Waals surface area contributed by atoms with E-state index in [4.69, 9.17) is 4.74 Å². The van der Waals surface area contributed by atoms with Gasteiger partial charge in [0.1, 0.15) is 6.10 Å². The minimum absolute atomic E-state index is 0.0371. The van der Waals surface area contributed by atoms with Crippen LogP contribution in [0.5, 0.6) is 0 Å². The summed E-state index contributed by atoms with van der Waals surface area (Å²) in [4.78, 5) is 12.1. The summed E-state index contributed by atoms with van der Waals surface area (Å²) in [6.07, 6.45) is 0.881. The van der Waals surface area contributed by atoms with E-state index in [2.05, 4.69) is 6.07 Å². The lowest BCUT2D eigenvalue weighted by Gasteiger charge is -2.24. The van der Waals surface area contributed by atoms with Crippen molar-refractivity contribution >= 4 is 17.7 Å². The lowest BCUT2D eigenvalue weighted by molar-refractivity contribution is -0.147. The molecule has 0 saturated heterocycles. The maximum Gasteiger partial charge on any atom is 0.303 e. The molecule has 1 aromatic carbocycles. The van der Waals surface area contributed by atoms with Crippen LogP contribution in [-0.4, -0.2) is 11.7 Å². The fourth-order valence-corrected chi connectivity index (χ4v) is 2.72. The van der Waals surface area contributed by atoms with Crippen molar-refractivity contribution in [1.82, 2.24) is 0 Å². The van der Waals surface area contributed by atoms with E-state index in [0.717, 1.165) is 17.7 Å².